The predicted molar refractivity (Wildman–Crippen MR) is 99.5 cm³/mol. The lowest BCUT2D eigenvalue weighted by Gasteiger charge is -2.15. The van der Waals surface area contributed by atoms with E-state index in [1.807, 2.05) is 24.0 Å². The molecule has 1 unspecified atom stereocenters. The monoisotopic (exact) mass is 333 g/mol. The maximum atomic E-state index is 12.2. The van der Waals surface area contributed by atoms with Gasteiger partial charge in [-0.15, -0.1) is 0 Å². The zero-order valence-electron chi connectivity index (χ0n) is 14.6. The normalized spacial score (nSPS) is 17.6. The Labute approximate surface area is 148 Å². The van der Waals surface area contributed by atoms with Crippen LogP contribution in [0.5, 0.6) is 0 Å². The van der Waals surface area contributed by atoms with Crippen molar-refractivity contribution in [3.8, 4) is 0 Å². The number of para-hydroxylation sites is 2. The number of nitrogens with zero attached hydrogens (tertiary/aromatic N) is 3. The molecule has 128 valence electrons. The molecule has 1 aliphatic heterocycles. The number of benzene rings is 2. The van der Waals surface area contributed by atoms with E-state index in [2.05, 4.69) is 47.0 Å². The first-order valence-electron chi connectivity index (χ1n) is 9.03. The molecule has 4 nitrogen and oxygen atoms in total. The number of imidazole rings is 1. The smallest absolute Gasteiger partial charge is 0.223 e. The molecular formula is C21H23N3O. The molecule has 2 heterocycles. The van der Waals surface area contributed by atoms with Crippen LogP contribution in [0.25, 0.3) is 11.0 Å². The largest absolute Gasteiger partial charge is 0.342 e. The summed E-state index contributed by atoms with van der Waals surface area (Å²) in [5.74, 6) is 1.49. The summed E-state index contributed by atoms with van der Waals surface area (Å²) in [5.41, 5.74) is 3.51. The highest BCUT2D eigenvalue weighted by Crippen LogP contribution is 2.30. The lowest BCUT2D eigenvalue weighted by Crippen LogP contribution is -2.24. The quantitative estimate of drug-likeness (QED) is 0.715. The van der Waals surface area contributed by atoms with Gasteiger partial charge in [0.05, 0.1) is 11.0 Å². The first-order valence-corrected chi connectivity index (χ1v) is 9.03. The summed E-state index contributed by atoms with van der Waals surface area (Å²) >= 11 is 0. The van der Waals surface area contributed by atoms with Crippen molar-refractivity contribution >= 4 is 16.9 Å². The van der Waals surface area contributed by atoms with Crippen molar-refractivity contribution in [2.24, 2.45) is 0 Å². The van der Waals surface area contributed by atoms with Gasteiger partial charge in [-0.1, -0.05) is 42.5 Å². The molecule has 2 aromatic carbocycles. The van der Waals surface area contributed by atoms with Crippen molar-refractivity contribution in [2.45, 2.75) is 32.2 Å². The molecule has 4 heteroatoms. The van der Waals surface area contributed by atoms with Crippen LogP contribution in [0.1, 0.15) is 30.7 Å². The van der Waals surface area contributed by atoms with E-state index >= 15 is 0 Å². The van der Waals surface area contributed by atoms with E-state index in [0.29, 0.717) is 6.42 Å². The molecule has 1 atom stereocenters. The molecule has 1 fully saturated rings. The highest BCUT2D eigenvalue weighted by atomic mass is 16.2. The lowest BCUT2D eigenvalue weighted by atomic mass is 10.1. The fraction of sp³-hybridized carbons (Fsp3) is 0.333. The van der Waals surface area contributed by atoms with Crippen LogP contribution < -0.4 is 0 Å². The standard InChI is InChI=1S/C21H23N3O/c1-2-23-15-17(14-20(23)25)21-22-18-10-6-7-11-19(18)24(21)13-12-16-8-4-3-5-9-16/h3-11,17H,2,12-15H2,1H3. The molecule has 0 bridgehead atoms. The molecule has 1 aromatic heterocycles. The average Bonchev–Trinajstić information content (AvgIpc) is 3.21. The van der Waals surface area contributed by atoms with Gasteiger partial charge in [-0.2, -0.15) is 0 Å². The van der Waals surface area contributed by atoms with Crippen LogP contribution in [0.2, 0.25) is 0 Å². The Balaban J connectivity index is 1.68. The number of aryl methyl sites for hydroxylation is 2. The van der Waals surface area contributed by atoms with Crippen LogP contribution in [-0.4, -0.2) is 33.4 Å². The zero-order valence-corrected chi connectivity index (χ0v) is 14.6. The van der Waals surface area contributed by atoms with Gasteiger partial charge < -0.3 is 9.47 Å². The van der Waals surface area contributed by atoms with Gasteiger partial charge in [-0.25, -0.2) is 4.98 Å². The summed E-state index contributed by atoms with van der Waals surface area (Å²) in [4.78, 5) is 19.0. The number of hydrogen-bond acceptors (Lipinski definition) is 2. The second-order valence-electron chi connectivity index (χ2n) is 6.68. The summed E-state index contributed by atoms with van der Waals surface area (Å²) in [6.07, 6.45) is 1.54. The molecule has 0 radical (unpaired) electrons. The third kappa shape index (κ3) is 3.04. The number of amides is 1. The number of likely N-dealkylation sites (tertiary alicyclic amines) is 1. The van der Waals surface area contributed by atoms with Gasteiger partial charge >= 0.3 is 0 Å². The lowest BCUT2D eigenvalue weighted by molar-refractivity contribution is -0.127. The van der Waals surface area contributed by atoms with Crippen molar-refractivity contribution in [1.29, 1.82) is 0 Å². The first kappa shape index (κ1) is 15.9. The summed E-state index contributed by atoms with van der Waals surface area (Å²) in [6, 6.07) is 18.8. The van der Waals surface area contributed by atoms with Gasteiger partial charge in [0.25, 0.3) is 0 Å². The van der Waals surface area contributed by atoms with E-state index in [1.165, 1.54) is 5.56 Å². The van der Waals surface area contributed by atoms with E-state index in [1.54, 1.807) is 0 Å². The van der Waals surface area contributed by atoms with Gasteiger partial charge in [0.15, 0.2) is 0 Å². The number of carbonyl (C=O) groups excluding carboxylic acids is 1. The SMILES string of the molecule is CCN1CC(c2nc3ccccc3n2CCc2ccccc2)CC1=O. The van der Waals surface area contributed by atoms with Crippen molar-refractivity contribution < 1.29 is 4.79 Å². The van der Waals surface area contributed by atoms with E-state index < -0.39 is 0 Å². The average molecular weight is 333 g/mol. The minimum atomic E-state index is 0.190. The number of rotatable bonds is 5. The number of carbonyl (C=O) groups is 1. The van der Waals surface area contributed by atoms with E-state index in [4.69, 9.17) is 4.98 Å². The fourth-order valence-electron chi connectivity index (χ4n) is 3.78. The fourth-order valence-corrected chi connectivity index (χ4v) is 3.78. The highest BCUT2D eigenvalue weighted by Gasteiger charge is 2.32. The summed E-state index contributed by atoms with van der Waals surface area (Å²) in [6.45, 7) is 4.49. The number of fused-ring (bicyclic) bond motifs is 1. The minimum Gasteiger partial charge on any atom is -0.342 e. The topological polar surface area (TPSA) is 38.1 Å². The molecule has 1 aliphatic rings. The maximum absolute atomic E-state index is 12.2. The maximum Gasteiger partial charge on any atom is 0.223 e. The predicted octanol–water partition coefficient (Wildman–Crippen LogP) is 3.61. The Morgan fingerprint density at radius 1 is 1.08 bits per heavy atom. The summed E-state index contributed by atoms with van der Waals surface area (Å²) in [7, 11) is 0. The second-order valence-corrected chi connectivity index (χ2v) is 6.68. The molecule has 0 N–H and O–H groups in total. The Hall–Kier alpha value is -2.62. The van der Waals surface area contributed by atoms with Gasteiger partial charge in [-0.05, 0) is 31.0 Å². The molecule has 4 rings (SSSR count). The molecule has 25 heavy (non-hydrogen) atoms. The molecule has 1 amide bonds. The molecule has 3 aromatic rings. The van der Waals surface area contributed by atoms with E-state index in [-0.39, 0.29) is 11.8 Å². The molecule has 0 spiro atoms. The van der Waals surface area contributed by atoms with Gasteiger partial charge in [0.1, 0.15) is 5.82 Å². The highest BCUT2D eigenvalue weighted by molar-refractivity contribution is 5.80. The van der Waals surface area contributed by atoms with Crippen LogP contribution in [0.15, 0.2) is 54.6 Å². The van der Waals surface area contributed by atoms with Gasteiger partial charge in [-0.3, -0.25) is 4.79 Å². The summed E-state index contributed by atoms with van der Waals surface area (Å²) in [5, 5.41) is 0. The Kier molecular flexibility index (Phi) is 4.26. The van der Waals surface area contributed by atoms with Crippen LogP contribution >= 0.6 is 0 Å². The minimum absolute atomic E-state index is 0.190. The third-order valence-electron chi connectivity index (χ3n) is 5.11. The van der Waals surface area contributed by atoms with Crippen LogP contribution in [0.4, 0.5) is 0 Å². The second kappa shape index (κ2) is 6.71. The van der Waals surface area contributed by atoms with Gasteiger partial charge in [0, 0.05) is 32.0 Å². The van der Waals surface area contributed by atoms with Crippen LogP contribution in [-0.2, 0) is 17.8 Å². The van der Waals surface area contributed by atoms with Crippen molar-refractivity contribution in [3.05, 3.63) is 66.0 Å². The van der Waals surface area contributed by atoms with Crippen LogP contribution in [0, 0.1) is 0 Å². The Morgan fingerprint density at radius 3 is 2.60 bits per heavy atom. The number of likely N-dealkylation sites (N-methyl/N-ethyl adjacent to an activating group) is 1. The Bertz CT molecular complexity index is 885. The molecule has 0 aliphatic carbocycles. The van der Waals surface area contributed by atoms with E-state index in [0.717, 1.165) is 42.9 Å². The van der Waals surface area contributed by atoms with E-state index in [9.17, 15) is 4.79 Å². The number of aromatic nitrogens is 2. The van der Waals surface area contributed by atoms with Crippen molar-refractivity contribution in [3.63, 3.8) is 0 Å². The zero-order chi connectivity index (χ0) is 17.2. The van der Waals surface area contributed by atoms with Gasteiger partial charge in [0.2, 0.25) is 5.91 Å². The van der Waals surface area contributed by atoms with Crippen LogP contribution in [0.3, 0.4) is 0 Å². The first-order chi connectivity index (χ1) is 12.3. The Morgan fingerprint density at radius 2 is 1.84 bits per heavy atom. The molecule has 1 saturated heterocycles. The molecule has 0 saturated carbocycles. The van der Waals surface area contributed by atoms with Crippen molar-refractivity contribution in [2.75, 3.05) is 13.1 Å². The number of hydrogen-bond donors (Lipinski definition) is 0. The van der Waals surface area contributed by atoms with Crippen molar-refractivity contribution in [1.82, 2.24) is 14.5 Å². The summed E-state index contributed by atoms with van der Waals surface area (Å²) < 4.78 is 2.32. The molecular weight excluding hydrogens is 310 g/mol. The third-order valence-corrected chi connectivity index (χ3v) is 5.11.